The van der Waals surface area contributed by atoms with Crippen molar-refractivity contribution in [1.82, 2.24) is 0 Å². The number of quaternary nitrogens is 1. The Labute approximate surface area is 108 Å². The van der Waals surface area contributed by atoms with Crippen molar-refractivity contribution < 1.29 is 4.48 Å². The van der Waals surface area contributed by atoms with Gasteiger partial charge in [0.1, 0.15) is 14.1 Å². The highest BCUT2D eigenvalue weighted by atomic mass is 28.3. The fourth-order valence-corrected chi connectivity index (χ4v) is 5.81. The molecule has 96 valence electrons. The monoisotopic (exact) mass is 250 g/mol. The summed E-state index contributed by atoms with van der Waals surface area (Å²) < 4.78 is 1.12. The maximum atomic E-state index is 2.46. The van der Waals surface area contributed by atoms with Crippen molar-refractivity contribution in [2.75, 3.05) is 20.3 Å². The minimum absolute atomic E-state index is 0.628. The number of hydrogen-bond acceptors (Lipinski definition) is 0. The van der Waals surface area contributed by atoms with Crippen LogP contribution in [0.25, 0.3) is 0 Å². The molecular formula is C15H28NSi+. The summed E-state index contributed by atoms with van der Waals surface area (Å²) >= 11 is 0. The Morgan fingerprint density at radius 3 is 2.00 bits per heavy atom. The van der Waals surface area contributed by atoms with Gasteiger partial charge in [0.05, 0.1) is 20.3 Å². The lowest BCUT2D eigenvalue weighted by atomic mass is 10.0. The van der Waals surface area contributed by atoms with E-state index in [0.717, 1.165) is 4.48 Å². The standard InChI is InChI=1S/C15H28NSi/c1-7-15(14-11-9-8-10-12-14)16(2,3)13-17(4,5)6/h8-12,15H,7,13H2,1-6H3/q+1. The van der Waals surface area contributed by atoms with E-state index in [2.05, 4.69) is 71.0 Å². The summed E-state index contributed by atoms with van der Waals surface area (Å²) in [6.07, 6.45) is 2.54. The third kappa shape index (κ3) is 4.28. The van der Waals surface area contributed by atoms with Gasteiger partial charge in [-0.15, -0.1) is 0 Å². The van der Waals surface area contributed by atoms with Gasteiger partial charge in [0.15, 0.2) is 0 Å². The molecule has 17 heavy (non-hydrogen) atoms. The number of nitrogens with zero attached hydrogens (tertiary/aromatic N) is 1. The van der Waals surface area contributed by atoms with Crippen LogP contribution in [-0.2, 0) is 0 Å². The van der Waals surface area contributed by atoms with E-state index in [1.54, 1.807) is 0 Å². The predicted octanol–water partition coefficient (Wildman–Crippen LogP) is 4.09. The van der Waals surface area contributed by atoms with Crippen LogP contribution < -0.4 is 0 Å². The zero-order valence-corrected chi connectivity index (χ0v) is 13.3. The smallest absolute Gasteiger partial charge is 0.114 e. The Morgan fingerprint density at radius 1 is 1.06 bits per heavy atom. The molecule has 0 heterocycles. The summed E-state index contributed by atoms with van der Waals surface area (Å²) in [5.41, 5.74) is 1.48. The molecule has 0 aromatic heterocycles. The number of benzene rings is 1. The van der Waals surface area contributed by atoms with Crippen LogP contribution in [0.2, 0.25) is 19.6 Å². The van der Waals surface area contributed by atoms with E-state index in [-0.39, 0.29) is 0 Å². The van der Waals surface area contributed by atoms with E-state index >= 15 is 0 Å². The highest BCUT2D eigenvalue weighted by Gasteiger charge is 2.33. The molecule has 0 N–H and O–H groups in total. The van der Waals surface area contributed by atoms with E-state index < -0.39 is 8.07 Å². The lowest BCUT2D eigenvalue weighted by Crippen LogP contribution is -2.52. The molecule has 0 amide bonds. The minimum Gasteiger partial charge on any atom is -0.326 e. The van der Waals surface area contributed by atoms with E-state index in [1.807, 2.05) is 0 Å². The van der Waals surface area contributed by atoms with E-state index in [0.29, 0.717) is 6.04 Å². The Kier molecular flexibility index (Phi) is 4.56. The minimum atomic E-state index is -1.03. The van der Waals surface area contributed by atoms with Crippen LogP contribution in [0.3, 0.4) is 0 Å². The molecule has 0 spiro atoms. The highest BCUT2D eigenvalue weighted by Crippen LogP contribution is 2.29. The van der Waals surface area contributed by atoms with Crippen LogP contribution in [0, 0.1) is 0 Å². The Morgan fingerprint density at radius 2 is 1.59 bits per heavy atom. The first kappa shape index (κ1) is 14.5. The summed E-state index contributed by atoms with van der Waals surface area (Å²) in [4.78, 5) is 0. The van der Waals surface area contributed by atoms with Crippen molar-refractivity contribution in [1.29, 1.82) is 0 Å². The Hall–Kier alpha value is -0.603. The zero-order valence-electron chi connectivity index (χ0n) is 12.3. The Bertz CT molecular complexity index is 338. The topological polar surface area (TPSA) is 0 Å². The molecule has 2 heteroatoms. The van der Waals surface area contributed by atoms with Crippen LogP contribution in [0.15, 0.2) is 30.3 Å². The van der Waals surface area contributed by atoms with E-state index in [9.17, 15) is 0 Å². The molecule has 1 aromatic carbocycles. The summed E-state index contributed by atoms with van der Waals surface area (Å²) in [5.74, 6) is 0. The van der Waals surface area contributed by atoms with Crippen molar-refractivity contribution in [3.8, 4) is 0 Å². The van der Waals surface area contributed by atoms with Crippen molar-refractivity contribution >= 4 is 8.07 Å². The molecular weight excluding hydrogens is 222 g/mol. The molecule has 0 radical (unpaired) electrons. The fourth-order valence-electron chi connectivity index (χ4n) is 3.14. The van der Waals surface area contributed by atoms with Crippen LogP contribution >= 0.6 is 0 Å². The lowest BCUT2D eigenvalue weighted by molar-refractivity contribution is -0.912. The molecule has 1 unspecified atom stereocenters. The maximum Gasteiger partial charge on any atom is 0.114 e. The van der Waals surface area contributed by atoms with Gasteiger partial charge in [-0.1, -0.05) is 56.9 Å². The second-order valence-electron chi connectivity index (χ2n) is 6.83. The quantitative estimate of drug-likeness (QED) is 0.545. The number of hydrogen-bond donors (Lipinski definition) is 0. The van der Waals surface area contributed by atoms with E-state index in [1.165, 1.54) is 18.2 Å². The lowest BCUT2D eigenvalue weighted by Gasteiger charge is -2.41. The molecule has 0 saturated heterocycles. The first-order valence-electron chi connectivity index (χ1n) is 6.64. The first-order valence-corrected chi connectivity index (χ1v) is 10.3. The molecule has 1 aromatic rings. The van der Waals surface area contributed by atoms with Crippen molar-refractivity contribution in [2.45, 2.75) is 39.0 Å². The summed E-state index contributed by atoms with van der Waals surface area (Å²) in [6, 6.07) is 11.6. The second-order valence-corrected chi connectivity index (χ2v) is 12.3. The molecule has 0 fully saturated rings. The summed E-state index contributed by atoms with van der Waals surface area (Å²) in [5, 5.41) is 0. The second kappa shape index (κ2) is 5.36. The van der Waals surface area contributed by atoms with Gasteiger partial charge in [-0.05, 0) is 0 Å². The van der Waals surface area contributed by atoms with Gasteiger partial charge >= 0.3 is 0 Å². The third-order valence-corrected chi connectivity index (χ3v) is 5.06. The van der Waals surface area contributed by atoms with Crippen molar-refractivity contribution in [3.05, 3.63) is 35.9 Å². The molecule has 0 aliphatic carbocycles. The molecule has 0 saturated carbocycles. The van der Waals surface area contributed by atoms with Gasteiger partial charge < -0.3 is 4.48 Å². The van der Waals surface area contributed by atoms with Crippen LogP contribution in [-0.4, -0.2) is 32.8 Å². The Balaban J connectivity index is 2.94. The van der Waals surface area contributed by atoms with Gasteiger partial charge in [0.25, 0.3) is 0 Å². The SMILES string of the molecule is CCC(c1ccccc1)[N+](C)(C)C[Si](C)(C)C. The van der Waals surface area contributed by atoms with Crippen LogP contribution in [0.1, 0.15) is 24.9 Å². The molecule has 1 atom stereocenters. The third-order valence-electron chi connectivity index (χ3n) is 3.30. The van der Waals surface area contributed by atoms with Crippen molar-refractivity contribution in [3.63, 3.8) is 0 Å². The van der Waals surface area contributed by atoms with Gasteiger partial charge in [-0.3, -0.25) is 0 Å². The molecule has 1 rings (SSSR count). The molecule has 0 aliphatic rings. The van der Waals surface area contributed by atoms with Crippen molar-refractivity contribution in [2.24, 2.45) is 0 Å². The number of rotatable bonds is 5. The maximum absolute atomic E-state index is 2.46. The van der Waals surface area contributed by atoms with Gasteiger partial charge in [0.2, 0.25) is 0 Å². The fraction of sp³-hybridized carbons (Fsp3) is 0.600. The largest absolute Gasteiger partial charge is 0.326 e. The highest BCUT2D eigenvalue weighted by molar-refractivity contribution is 6.75. The molecule has 0 aliphatic heterocycles. The molecule has 0 bridgehead atoms. The van der Waals surface area contributed by atoms with E-state index in [4.69, 9.17) is 0 Å². The summed E-state index contributed by atoms with van der Waals surface area (Å²) in [6.45, 7) is 9.70. The average molecular weight is 250 g/mol. The molecule has 1 nitrogen and oxygen atoms in total. The van der Waals surface area contributed by atoms with Gasteiger partial charge in [-0.25, -0.2) is 0 Å². The summed E-state index contributed by atoms with van der Waals surface area (Å²) in [7, 11) is 3.74. The van der Waals surface area contributed by atoms with Gasteiger partial charge in [-0.2, -0.15) is 0 Å². The van der Waals surface area contributed by atoms with Crippen LogP contribution in [0.4, 0.5) is 0 Å². The predicted molar refractivity (Wildman–Crippen MR) is 79.8 cm³/mol. The average Bonchev–Trinajstić information content (AvgIpc) is 2.15. The normalized spacial score (nSPS) is 14.7. The first-order chi connectivity index (χ1) is 7.76. The van der Waals surface area contributed by atoms with Gasteiger partial charge in [0, 0.05) is 12.0 Å². The zero-order chi connectivity index (χ0) is 13.1. The van der Waals surface area contributed by atoms with Crippen LogP contribution in [0.5, 0.6) is 0 Å².